The van der Waals surface area contributed by atoms with Crippen molar-refractivity contribution in [3.63, 3.8) is 0 Å². The normalized spacial score (nSPS) is 13.1. The Labute approximate surface area is 123 Å². The van der Waals surface area contributed by atoms with Gasteiger partial charge in [0, 0.05) is 17.4 Å². The second kappa shape index (κ2) is 5.79. The molecule has 0 fully saturated rings. The Balaban J connectivity index is 2.35. The van der Waals surface area contributed by atoms with Crippen LogP contribution in [0.4, 0.5) is 10.1 Å². The molecule has 0 aliphatic carbocycles. The molecule has 0 amide bonds. The van der Waals surface area contributed by atoms with Crippen LogP contribution in [0.3, 0.4) is 0 Å². The zero-order chi connectivity index (χ0) is 15.6. The first-order valence-corrected chi connectivity index (χ1v) is 7.78. The van der Waals surface area contributed by atoms with E-state index in [9.17, 15) is 12.8 Å². The van der Waals surface area contributed by atoms with E-state index < -0.39 is 21.9 Å². The molecule has 112 valence electrons. The highest BCUT2D eigenvalue weighted by Gasteiger charge is 2.23. The third-order valence-electron chi connectivity index (χ3n) is 3.07. The molecule has 0 spiro atoms. The minimum absolute atomic E-state index is 0.0323. The van der Waals surface area contributed by atoms with Gasteiger partial charge in [-0.2, -0.15) is 0 Å². The third kappa shape index (κ3) is 3.37. The smallest absolute Gasteiger partial charge is 0.241 e. The van der Waals surface area contributed by atoms with Crippen LogP contribution >= 0.6 is 0 Å². The molecule has 1 heterocycles. The molecule has 7 heteroatoms. The molecule has 1 atom stereocenters. The number of anilines is 1. The standard InChI is InChI=1S/C14H16FN3O2S/c1-9-12(15)7-11(16)8-14(9)21(19,20)18-10(2)13-5-3-4-6-17-13/h3-8,10,18H,16H2,1-2H3. The lowest BCUT2D eigenvalue weighted by molar-refractivity contribution is 0.559. The summed E-state index contributed by atoms with van der Waals surface area (Å²) in [4.78, 5) is 3.92. The number of nitrogens with zero attached hydrogens (tertiary/aromatic N) is 1. The molecule has 2 rings (SSSR count). The molecule has 0 aliphatic rings. The Morgan fingerprint density at radius 2 is 2.05 bits per heavy atom. The highest BCUT2D eigenvalue weighted by atomic mass is 32.2. The van der Waals surface area contributed by atoms with Crippen LogP contribution in [0.2, 0.25) is 0 Å². The highest BCUT2D eigenvalue weighted by molar-refractivity contribution is 7.89. The van der Waals surface area contributed by atoms with Gasteiger partial charge in [0.05, 0.1) is 16.6 Å². The summed E-state index contributed by atoms with van der Waals surface area (Å²) < 4.78 is 40.9. The van der Waals surface area contributed by atoms with Gasteiger partial charge in [0.25, 0.3) is 0 Å². The van der Waals surface area contributed by atoms with E-state index in [-0.39, 0.29) is 16.1 Å². The van der Waals surface area contributed by atoms with Gasteiger partial charge in [-0.15, -0.1) is 0 Å². The first kappa shape index (κ1) is 15.4. The van der Waals surface area contributed by atoms with Gasteiger partial charge in [0.2, 0.25) is 10.0 Å². The molecule has 0 saturated carbocycles. The largest absolute Gasteiger partial charge is 0.399 e. The van der Waals surface area contributed by atoms with Crippen molar-refractivity contribution in [1.29, 1.82) is 0 Å². The van der Waals surface area contributed by atoms with Gasteiger partial charge in [-0.3, -0.25) is 4.98 Å². The maximum atomic E-state index is 13.6. The van der Waals surface area contributed by atoms with Crippen molar-refractivity contribution in [2.45, 2.75) is 24.8 Å². The van der Waals surface area contributed by atoms with E-state index in [0.717, 1.165) is 6.07 Å². The Bertz CT molecular complexity index is 748. The van der Waals surface area contributed by atoms with E-state index in [1.165, 1.54) is 13.0 Å². The fourth-order valence-electron chi connectivity index (χ4n) is 1.94. The van der Waals surface area contributed by atoms with E-state index in [2.05, 4.69) is 9.71 Å². The SMILES string of the molecule is Cc1c(F)cc(N)cc1S(=O)(=O)NC(C)c1ccccn1. The van der Waals surface area contributed by atoms with Crippen molar-refractivity contribution < 1.29 is 12.8 Å². The molecule has 0 aliphatic heterocycles. The van der Waals surface area contributed by atoms with Crippen LogP contribution in [0, 0.1) is 12.7 Å². The summed E-state index contributed by atoms with van der Waals surface area (Å²) >= 11 is 0. The molecular formula is C14H16FN3O2S. The number of benzene rings is 1. The van der Waals surface area contributed by atoms with Crippen molar-refractivity contribution in [3.05, 3.63) is 53.6 Å². The Kier molecular flexibility index (Phi) is 4.24. The Morgan fingerprint density at radius 3 is 2.67 bits per heavy atom. The zero-order valence-electron chi connectivity index (χ0n) is 11.7. The van der Waals surface area contributed by atoms with Crippen LogP contribution < -0.4 is 10.5 Å². The molecular weight excluding hydrogens is 293 g/mol. The van der Waals surface area contributed by atoms with Gasteiger partial charge in [0.15, 0.2) is 0 Å². The van der Waals surface area contributed by atoms with E-state index in [1.807, 2.05) is 0 Å². The molecule has 1 aromatic carbocycles. The molecule has 1 aromatic heterocycles. The van der Waals surface area contributed by atoms with Crippen molar-refractivity contribution in [2.24, 2.45) is 0 Å². The lowest BCUT2D eigenvalue weighted by Crippen LogP contribution is -2.28. The molecule has 5 nitrogen and oxygen atoms in total. The van der Waals surface area contributed by atoms with Crippen LogP contribution in [0.25, 0.3) is 0 Å². The summed E-state index contributed by atoms with van der Waals surface area (Å²) in [5.41, 5.74) is 6.19. The lowest BCUT2D eigenvalue weighted by Gasteiger charge is -2.15. The third-order valence-corrected chi connectivity index (χ3v) is 4.74. The topological polar surface area (TPSA) is 85.1 Å². The van der Waals surface area contributed by atoms with Gasteiger partial charge in [-0.05, 0) is 38.1 Å². The maximum Gasteiger partial charge on any atom is 0.241 e. The summed E-state index contributed by atoms with van der Waals surface area (Å²) in [5, 5.41) is 0. The van der Waals surface area contributed by atoms with Crippen LogP contribution in [0.1, 0.15) is 24.2 Å². The van der Waals surface area contributed by atoms with Gasteiger partial charge >= 0.3 is 0 Å². The molecule has 2 aromatic rings. The number of nitrogen functional groups attached to an aromatic ring is 1. The van der Waals surface area contributed by atoms with Gasteiger partial charge in [0.1, 0.15) is 5.82 Å². The number of pyridine rings is 1. The molecule has 21 heavy (non-hydrogen) atoms. The van der Waals surface area contributed by atoms with Crippen molar-refractivity contribution in [3.8, 4) is 0 Å². The quantitative estimate of drug-likeness (QED) is 0.847. The first-order chi connectivity index (χ1) is 9.81. The first-order valence-electron chi connectivity index (χ1n) is 6.30. The van der Waals surface area contributed by atoms with E-state index in [1.54, 1.807) is 31.3 Å². The van der Waals surface area contributed by atoms with Crippen molar-refractivity contribution in [2.75, 3.05) is 5.73 Å². The monoisotopic (exact) mass is 309 g/mol. The van der Waals surface area contributed by atoms with Gasteiger partial charge in [-0.1, -0.05) is 6.07 Å². The zero-order valence-corrected chi connectivity index (χ0v) is 12.5. The molecule has 0 saturated heterocycles. The minimum atomic E-state index is -3.89. The van der Waals surface area contributed by atoms with E-state index in [4.69, 9.17) is 5.73 Å². The number of nitrogens with two attached hydrogens (primary N) is 1. The molecule has 1 unspecified atom stereocenters. The summed E-state index contributed by atoms with van der Waals surface area (Å²) in [6.07, 6.45) is 1.57. The van der Waals surface area contributed by atoms with Crippen LogP contribution in [-0.4, -0.2) is 13.4 Å². The second-order valence-corrected chi connectivity index (χ2v) is 6.41. The average molecular weight is 309 g/mol. The second-order valence-electron chi connectivity index (χ2n) is 4.72. The molecule has 0 radical (unpaired) electrons. The summed E-state index contributed by atoms with van der Waals surface area (Å²) in [5.74, 6) is -0.652. The molecule has 0 bridgehead atoms. The van der Waals surface area contributed by atoms with Gasteiger partial charge in [-0.25, -0.2) is 17.5 Å². The predicted molar refractivity (Wildman–Crippen MR) is 78.5 cm³/mol. The maximum absolute atomic E-state index is 13.6. The molecule has 3 N–H and O–H groups in total. The van der Waals surface area contributed by atoms with Crippen molar-refractivity contribution >= 4 is 15.7 Å². The number of halogens is 1. The summed E-state index contributed by atoms with van der Waals surface area (Å²) in [7, 11) is -3.89. The lowest BCUT2D eigenvalue weighted by atomic mass is 10.2. The van der Waals surface area contributed by atoms with Crippen LogP contribution in [-0.2, 0) is 10.0 Å². The minimum Gasteiger partial charge on any atom is -0.399 e. The number of rotatable bonds is 4. The highest BCUT2D eigenvalue weighted by Crippen LogP contribution is 2.23. The number of hydrogen-bond acceptors (Lipinski definition) is 4. The number of nitrogens with one attached hydrogen (secondary N) is 1. The Hall–Kier alpha value is -1.99. The average Bonchev–Trinajstić information content (AvgIpc) is 2.43. The number of aromatic nitrogens is 1. The van der Waals surface area contributed by atoms with Crippen LogP contribution in [0.15, 0.2) is 41.4 Å². The van der Waals surface area contributed by atoms with E-state index in [0.29, 0.717) is 5.69 Å². The predicted octanol–water partition coefficient (Wildman–Crippen LogP) is 2.15. The summed E-state index contributed by atoms with van der Waals surface area (Å²) in [6.45, 7) is 3.06. The fourth-order valence-corrected chi connectivity index (χ4v) is 3.45. The number of sulfonamides is 1. The fraction of sp³-hybridized carbons (Fsp3) is 0.214. The summed E-state index contributed by atoms with van der Waals surface area (Å²) in [6, 6.07) is 7.00. The Morgan fingerprint density at radius 1 is 1.33 bits per heavy atom. The number of hydrogen-bond donors (Lipinski definition) is 2. The van der Waals surface area contributed by atoms with Gasteiger partial charge < -0.3 is 5.73 Å². The van der Waals surface area contributed by atoms with E-state index >= 15 is 0 Å². The van der Waals surface area contributed by atoms with Crippen LogP contribution in [0.5, 0.6) is 0 Å². The van der Waals surface area contributed by atoms with Crippen molar-refractivity contribution in [1.82, 2.24) is 9.71 Å².